The van der Waals surface area contributed by atoms with E-state index in [1.54, 1.807) is 6.07 Å². The number of terminal acetylenes is 1. The first-order valence-corrected chi connectivity index (χ1v) is 6.37. The molecule has 1 N–H and O–H groups in total. The molecule has 0 radical (unpaired) electrons. The number of benzene rings is 1. The average Bonchev–Trinajstić information content (AvgIpc) is 3.16. The molecule has 1 fully saturated rings. The second-order valence-electron chi connectivity index (χ2n) is 5.04. The van der Waals surface area contributed by atoms with E-state index in [0.29, 0.717) is 17.8 Å². The number of rotatable bonds is 4. The van der Waals surface area contributed by atoms with Gasteiger partial charge in [-0.25, -0.2) is 0 Å². The van der Waals surface area contributed by atoms with Gasteiger partial charge in [-0.15, -0.1) is 6.42 Å². The fourth-order valence-corrected chi connectivity index (χ4v) is 2.32. The molecule has 1 aliphatic carbocycles. The average molecular weight is 254 g/mol. The van der Waals surface area contributed by atoms with Crippen molar-refractivity contribution < 1.29 is 9.59 Å². The van der Waals surface area contributed by atoms with Crippen LogP contribution in [0, 0.1) is 18.3 Å². The van der Waals surface area contributed by atoms with Crippen LogP contribution in [-0.2, 0) is 4.79 Å². The third-order valence-corrected chi connectivity index (χ3v) is 3.53. The van der Waals surface area contributed by atoms with Gasteiger partial charge < -0.3 is 10.2 Å². The monoisotopic (exact) mass is 254 g/mol. The highest BCUT2D eigenvalue weighted by atomic mass is 16.2. The Labute approximate surface area is 111 Å². The molecule has 0 unspecified atom stereocenters. The highest BCUT2D eigenvalue weighted by molar-refractivity contribution is 6.51. The standard InChI is InChI=1S/C15H14N2O2/c1-2-7-17(9-10-3-4-10)11-5-6-12-13(8-11)16-15(19)14(12)18/h1,5-6,8,10H,3-4,7,9H2,(H,16,18,19). The number of nitrogens with one attached hydrogen (secondary N) is 1. The third-order valence-electron chi connectivity index (χ3n) is 3.53. The minimum absolute atomic E-state index is 0.445. The summed E-state index contributed by atoms with van der Waals surface area (Å²) < 4.78 is 0. The molecule has 3 rings (SSSR count). The van der Waals surface area contributed by atoms with Crippen LogP contribution >= 0.6 is 0 Å². The summed E-state index contributed by atoms with van der Waals surface area (Å²) in [6.45, 7) is 1.47. The Morgan fingerprint density at radius 3 is 2.84 bits per heavy atom. The van der Waals surface area contributed by atoms with Gasteiger partial charge in [-0.2, -0.15) is 0 Å². The van der Waals surface area contributed by atoms with Gasteiger partial charge in [0.2, 0.25) is 0 Å². The number of carbonyl (C=O) groups is 2. The number of amides is 1. The van der Waals surface area contributed by atoms with Gasteiger partial charge in [0, 0.05) is 12.2 Å². The van der Waals surface area contributed by atoms with Crippen molar-refractivity contribution in [2.45, 2.75) is 12.8 Å². The van der Waals surface area contributed by atoms with Gasteiger partial charge in [0.25, 0.3) is 11.7 Å². The van der Waals surface area contributed by atoms with Crippen LogP contribution in [0.1, 0.15) is 23.2 Å². The Morgan fingerprint density at radius 1 is 1.37 bits per heavy atom. The molecular weight excluding hydrogens is 240 g/mol. The van der Waals surface area contributed by atoms with E-state index in [9.17, 15) is 9.59 Å². The molecule has 96 valence electrons. The molecule has 1 saturated carbocycles. The second kappa shape index (κ2) is 4.43. The van der Waals surface area contributed by atoms with Gasteiger partial charge in [-0.3, -0.25) is 9.59 Å². The number of hydrogen-bond acceptors (Lipinski definition) is 3. The summed E-state index contributed by atoms with van der Waals surface area (Å²) >= 11 is 0. The van der Waals surface area contributed by atoms with Gasteiger partial charge in [0.05, 0.1) is 17.8 Å². The van der Waals surface area contributed by atoms with Crippen molar-refractivity contribution in [2.24, 2.45) is 5.92 Å². The van der Waals surface area contributed by atoms with Gasteiger partial charge in [0.15, 0.2) is 0 Å². The van der Waals surface area contributed by atoms with Crippen molar-refractivity contribution in [1.29, 1.82) is 0 Å². The van der Waals surface area contributed by atoms with E-state index < -0.39 is 11.7 Å². The first kappa shape index (κ1) is 11.8. The van der Waals surface area contributed by atoms with Crippen LogP contribution in [0.2, 0.25) is 0 Å². The number of fused-ring (bicyclic) bond motifs is 1. The lowest BCUT2D eigenvalue weighted by molar-refractivity contribution is -0.112. The summed E-state index contributed by atoms with van der Waals surface area (Å²) in [5, 5.41) is 2.59. The lowest BCUT2D eigenvalue weighted by Crippen LogP contribution is -2.26. The van der Waals surface area contributed by atoms with Crippen LogP contribution in [0.5, 0.6) is 0 Å². The summed E-state index contributed by atoms with van der Waals surface area (Å²) in [5.74, 6) is 2.35. The van der Waals surface area contributed by atoms with Crippen molar-refractivity contribution >= 4 is 23.1 Å². The van der Waals surface area contributed by atoms with Crippen molar-refractivity contribution in [3.63, 3.8) is 0 Å². The van der Waals surface area contributed by atoms with Gasteiger partial charge in [-0.05, 0) is 37.0 Å². The fraction of sp³-hybridized carbons (Fsp3) is 0.333. The first-order valence-electron chi connectivity index (χ1n) is 6.37. The van der Waals surface area contributed by atoms with Gasteiger partial charge >= 0.3 is 0 Å². The number of hydrogen-bond donors (Lipinski definition) is 1. The zero-order valence-corrected chi connectivity index (χ0v) is 10.5. The van der Waals surface area contributed by atoms with E-state index in [1.165, 1.54) is 12.8 Å². The second-order valence-corrected chi connectivity index (χ2v) is 5.04. The molecule has 0 aromatic heterocycles. The maximum absolute atomic E-state index is 11.5. The molecule has 1 amide bonds. The molecule has 4 heteroatoms. The van der Waals surface area contributed by atoms with Crippen molar-refractivity contribution in [3.8, 4) is 12.3 Å². The summed E-state index contributed by atoms with van der Waals surface area (Å²) in [4.78, 5) is 25.0. The zero-order chi connectivity index (χ0) is 13.4. The van der Waals surface area contributed by atoms with E-state index in [2.05, 4.69) is 16.1 Å². The molecule has 0 saturated heterocycles. The predicted octanol–water partition coefficient (Wildman–Crippen LogP) is 1.67. The lowest BCUT2D eigenvalue weighted by Gasteiger charge is -2.22. The minimum atomic E-state index is -0.558. The van der Waals surface area contributed by atoms with E-state index in [0.717, 1.165) is 18.2 Å². The number of anilines is 2. The number of Topliss-reactive ketones (excluding diaryl/α,β-unsaturated/α-hetero) is 1. The molecule has 0 spiro atoms. The molecular formula is C15H14N2O2. The third kappa shape index (κ3) is 2.19. The maximum Gasteiger partial charge on any atom is 0.296 e. The van der Waals surface area contributed by atoms with E-state index >= 15 is 0 Å². The Kier molecular flexibility index (Phi) is 2.75. The minimum Gasteiger partial charge on any atom is -0.360 e. The lowest BCUT2D eigenvalue weighted by atomic mass is 10.1. The van der Waals surface area contributed by atoms with E-state index in [1.807, 2.05) is 12.1 Å². The SMILES string of the molecule is C#CCN(CC1CC1)c1ccc2c(c1)NC(=O)C2=O. The molecule has 1 aromatic carbocycles. The molecule has 19 heavy (non-hydrogen) atoms. The molecule has 2 aliphatic rings. The van der Waals surface area contributed by atoms with Crippen molar-refractivity contribution in [3.05, 3.63) is 23.8 Å². The van der Waals surface area contributed by atoms with Crippen LogP contribution in [0.4, 0.5) is 11.4 Å². The highest BCUT2D eigenvalue weighted by Gasteiger charge is 2.29. The molecule has 4 nitrogen and oxygen atoms in total. The Hall–Kier alpha value is -2.28. The smallest absolute Gasteiger partial charge is 0.296 e. The van der Waals surface area contributed by atoms with Gasteiger partial charge in [-0.1, -0.05) is 5.92 Å². The molecule has 1 aromatic rings. The quantitative estimate of drug-likeness (QED) is 0.657. The summed E-state index contributed by atoms with van der Waals surface area (Å²) in [6.07, 6.45) is 7.91. The topological polar surface area (TPSA) is 49.4 Å². The van der Waals surface area contributed by atoms with Crippen LogP contribution in [-0.4, -0.2) is 24.8 Å². The van der Waals surface area contributed by atoms with Gasteiger partial charge in [0.1, 0.15) is 0 Å². The molecule has 1 heterocycles. The summed E-state index contributed by atoms with van der Waals surface area (Å²) in [7, 11) is 0. The van der Waals surface area contributed by atoms with Crippen molar-refractivity contribution in [1.82, 2.24) is 0 Å². The van der Waals surface area contributed by atoms with E-state index in [4.69, 9.17) is 6.42 Å². The molecule has 0 bridgehead atoms. The summed E-state index contributed by atoms with van der Waals surface area (Å²) in [6, 6.07) is 5.38. The fourth-order valence-electron chi connectivity index (χ4n) is 2.32. The normalized spacial score (nSPS) is 16.8. The van der Waals surface area contributed by atoms with Crippen LogP contribution in [0.25, 0.3) is 0 Å². The largest absolute Gasteiger partial charge is 0.360 e. The number of ketones is 1. The van der Waals surface area contributed by atoms with Crippen LogP contribution in [0.15, 0.2) is 18.2 Å². The Bertz CT molecular complexity index is 597. The molecule has 1 aliphatic heterocycles. The predicted molar refractivity (Wildman–Crippen MR) is 73.2 cm³/mol. The number of carbonyl (C=O) groups excluding carboxylic acids is 2. The van der Waals surface area contributed by atoms with Crippen LogP contribution in [0.3, 0.4) is 0 Å². The molecule has 0 atom stereocenters. The highest BCUT2D eigenvalue weighted by Crippen LogP contribution is 2.33. The Morgan fingerprint density at radius 2 is 2.16 bits per heavy atom. The van der Waals surface area contributed by atoms with Crippen molar-refractivity contribution in [2.75, 3.05) is 23.3 Å². The number of nitrogens with zero attached hydrogens (tertiary/aromatic N) is 1. The summed E-state index contributed by atoms with van der Waals surface area (Å²) in [5.41, 5.74) is 1.99. The zero-order valence-electron chi connectivity index (χ0n) is 10.5. The van der Waals surface area contributed by atoms with Crippen LogP contribution < -0.4 is 10.2 Å². The Balaban J connectivity index is 1.88. The maximum atomic E-state index is 11.5. The van der Waals surface area contributed by atoms with E-state index in [-0.39, 0.29) is 0 Å². The first-order chi connectivity index (χ1) is 9.19.